The van der Waals surface area contributed by atoms with E-state index in [0.717, 1.165) is 0 Å². The van der Waals surface area contributed by atoms with Gasteiger partial charge in [0.1, 0.15) is 5.75 Å². The van der Waals surface area contributed by atoms with E-state index in [1.165, 1.54) is 18.5 Å². The van der Waals surface area contributed by atoms with Crippen LogP contribution in [0.15, 0.2) is 17.1 Å². The molecule has 0 spiro atoms. The number of nitrogens with zero attached hydrogens (tertiary/aromatic N) is 1. The molecule has 0 bridgehead atoms. The van der Waals surface area contributed by atoms with Gasteiger partial charge in [-0.1, -0.05) is 25.6 Å². The summed E-state index contributed by atoms with van der Waals surface area (Å²) in [6, 6.07) is 2.58. The predicted molar refractivity (Wildman–Crippen MR) is 69.2 cm³/mol. The van der Waals surface area contributed by atoms with Crippen LogP contribution in [0.3, 0.4) is 0 Å². The molecule has 0 aliphatic carbocycles. The van der Waals surface area contributed by atoms with Crippen LogP contribution < -0.4 is 15.2 Å². The Morgan fingerprint density at radius 3 is 2.75 bits per heavy atom. The number of phenols is 1. The van der Waals surface area contributed by atoms with Crippen LogP contribution in [0.4, 0.5) is 11.4 Å². The van der Waals surface area contributed by atoms with Crippen molar-refractivity contribution in [3.05, 3.63) is 17.7 Å². The highest BCUT2D eigenvalue weighted by atomic mass is 32.1. The first kappa shape index (κ1) is 12.5. The molecule has 0 aliphatic heterocycles. The maximum atomic E-state index is 11.3. The van der Waals surface area contributed by atoms with Crippen LogP contribution >= 0.6 is 25.6 Å². The van der Waals surface area contributed by atoms with Gasteiger partial charge >= 0.3 is 0 Å². The maximum absolute atomic E-state index is 11.3. The highest BCUT2D eigenvalue weighted by Crippen LogP contribution is 2.30. The minimum Gasteiger partial charge on any atom is -0.507 e. The van der Waals surface area contributed by atoms with Crippen molar-refractivity contribution in [2.24, 2.45) is 4.99 Å². The second-order valence-electron chi connectivity index (χ2n) is 2.76. The minimum atomic E-state index is -0.545. The molecule has 0 saturated heterocycles. The van der Waals surface area contributed by atoms with Crippen molar-refractivity contribution in [2.75, 3.05) is 5.73 Å². The van der Waals surface area contributed by atoms with Crippen LogP contribution in [0.25, 0.3) is 0 Å². The number of hydrogen-bond acceptors (Lipinski definition) is 6. The van der Waals surface area contributed by atoms with Crippen molar-refractivity contribution in [1.82, 2.24) is 9.44 Å². The maximum Gasteiger partial charge on any atom is 0.264 e. The van der Waals surface area contributed by atoms with Crippen molar-refractivity contribution >= 4 is 49.3 Å². The Bertz CT molecular complexity index is 436. The second kappa shape index (κ2) is 5.52. The number of carbonyl (C=O) groups excluding carboxylic acids is 1. The van der Waals surface area contributed by atoms with E-state index in [0.29, 0.717) is 5.69 Å². The number of nitrogens with two attached hydrogens (primary N) is 1. The monoisotopic (exact) mass is 258 g/mol. The molecule has 1 amide bonds. The van der Waals surface area contributed by atoms with Gasteiger partial charge in [0.2, 0.25) is 0 Å². The third-order valence-electron chi connectivity index (χ3n) is 1.75. The summed E-state index contributed by atoms with van der Waals surface area (Å²) in [5.41, 5.74) is 6.22. The van der Waals surface area contributed by atoms with E-state index < -0.39 is 5.91 Å². The number of benzene rings is 1. The summed E-state index contributed by atoms with van der Waals surface area (Å²) in [6.45, 7) is 0. The van der Waals surface area contributed by atoms with Crippen LogP contribution in [-0.2, 0) is 0 Å². The average molecular weight is 258 g/mol. The molecule has 0 aromatic heterocycles. The van der Waals surface area contributed by atoms with Gasteiger partial charge in [0.05, 0.1) is 23.3 Å². The van der Waals surface area contributed by atoms with Crippen LogP contribution in [0, 0.1) is 0 Å². The van der Waals surface area contributed by atoms with Gasteiger partial charge in [-0.15, -0.1) is 0 Å². The van der Waals surface area contributed by atoms with E-state index >= 15 is 0 Å². The fourth-order valence-corrected chi connectivity index (χ4v) is 1.22. The molecule has 8 heteroatoms. The minimum absolute atomic E-state index is 0.0375. The normalized spacial score (nSPS) is 10.4. The summed E-state index contributed by atoms with van der Waals surface area (Å²) in [7, 11) is 0. The summed E-state index contributed by atoms with van der Waals surface area (Å²) in [5, 5.41) is 9.49. The van der Waals surface area contributed by atoms with Gasteiger partial charge < -0.3 is 15.6 Å². The Labute approximate surface area is 103 Å². The molecule has 16 heavy (non-hydrogen) atoms. The number of nitrogens with one attached hydrogen (secondary N) is 2. The zero-order chi connectivity index (χ0) is 12.1. The summed E-state index contributed by atoms with van der Waals surface area (Å²) in [4.78, 5) is 15.2. The SMILES string of the molecule is Nc1cc(O)c(C(=O)NS)cc1N=CNS. The average Bonchev–Trinajstić information content (AvgIpc) is 2.27. The molecule has 0 fully saturated rings. The van der Waals surface area contributed by atoms with Gasteiger partial charge in [-0.3, -0.25) is 9.52 Å². The molecular formula is C8H10N4O2S2. The quantitative estimate of drug-likeness (QED) is 0.207. The van der Waals surface area contributed by atoms with Crippen LogP contribution in [-0.4, -0.2) is 17.4 Å². The number of carbonyl (C=O) groups is 1. The van der Waals surface area contributed by atoms with Crippen molar-refractivity contribution in [1.29, 1.82) is 0 Å². The van der Waals surface area contributed by atoms with Crippen LogP contribution in [0.2, 0.25) is 0 Å². The van der Waals surface area contributed by atoms with E-state index in [9.17, 15) is 9.90 Å². The van der Waals surface area contributed by atoms with Gasteiger partial charge in [0.25, 0.3) is 5.91 Å². The molecule has 1 rings (SSSR count). The lowest BCUT2D eigenvalue weighted by Gasteiger charge is -2.06. The van der Waals surface area contributed by atoms with Gasteiger partial charge in [0, 0.05) is 6.07 Å². The van der Waals surface area contributed by atoms with Gasteiger partial charge in [0.15, 0.2) is 0 Å². The van der Waals surface area contributed by atoms with E-state index in [2.05, 4.69) is 40.1 Å². The molecule has 0 heterocycles. The standard InChI is InChI=1S/C8H10N4O2S2/c9-5-2-7(13)4(8(14)12-16)1-6(5)10-3-11-15/h1-3,13,15-16H,9H2,(H,10,11)(H,12,14). The predicted octanol–water partition coefficient (Wildman–Crippen LogP) is 0.643. The van der Waals surface area contributed by atoms with E-state index in [1.54, 1.807) is 0 Å². The first-order valence-corrected chi connectivity index (χ1v) is 4.98. The highest BCUT2D eigenvalue weighted by molar-refractivity contribution is 7.78. The Hall–Kier alpha value is -1.54. The Balaban J connectivity index is 3.21. The number of hydrogen-bond donors (Lipinski definition) is 6. The van der Waals surface area contributed by atoms with E-state index in [-0.39, 0.29) is 17.0 Å². The second-order valence-corrected chi connectivity index (χ2v) is 3.24. The van der Waals surface area contributed by atoms with Gasteiger partial charge in [-0.2, -0.15) is 0 Å². The van der Waals surface area contributed by atoms with Crippen molar-refractivity contribution in [3.8, 4) is 5.75 Å². The molecule has 86 valence electrons. The van der Waals surface area contributed by atoms with E-state index in [1.807, 2.05) is 0 Å². The summed E-state index contributed by atoms with van der Waals surface area (Å²) < 4.78 is 4.49. The molecular weight excluding hydrogens is 248 g/mol. The molecule has 1 aromatic carbocycles. The number of amides is 1. The topological polar surface area (TPSA) is 99.7 Å². The number of aliphatic imine (C=N–C) groups is 1. The largest absolute Gasteiger partial charge is 0.507 e. The first-order chi connectivity index (χ1) is 7.60. The molecule has 0 unspecified atom stereocenters. The Morgan fingerprint density at radius 1 is 1.50 bits per heavy atom. The molecule has 6 nitrogen and oxygen atoms in total. The fraction of sp³-hybridized carbons (Fsp3) is 0. The molecule has 5 N–H and O–H groups in total. The zero-order valence-corrected chi connectivity index (χ0v) is 9.80. The third kappa shape index (κ3) is 2.74. The summed E-state index contributed by atoms with van der Waals surface area (Å²) >= 11 is 7.31. The number of thiol groups is 2. The van der Waals surface area contributed by atoms with Crippen molar-refractivity contribution in [2.45, 2.75) is 0 Å². The number of phenolic OH excluding ortho intramolecular Hbond substituents is 1. The molecule has 1 aromatic rings. The van der Waals surface area contributed by atoms with Crippen LogP contribution in [0.5, 0.6) is 5.75 Å². The Kier molecular flexibility index (Phi) is 4.32. The summed E-state index contributed by atoms with van der Waals surface area (Å²) in [6.07, 6.45) is 1.29. The lowest BCUT2D eigenvalue weighted by Crippen LogP contribution is -2.12. The molecule has 0 radical (unpaired) electrons. The van der Waals surface area contributed by atoms with Gasteiger partial charge in [-0.05, 0) is 6.07 Å². The highest BCUT2D eigenvalue weighted by Gasteiger charge is 2.12. The zero-order valence-electron chi connectivity index (χ0n) is 8.01. The fourth-order valence-electron chi connectivity index (χ4n) is 1.05. The van der Waals surface area contributed by atoms with Crippen molar-refractivity contribution < 1.29 is 9.90 Å². The lowest BCUT2D eigenvalue weighted by atomic mass is 10.1. The number of rotatable bonds is 3. The first-order valence-electron chi connectivity index (χ1n) is 4.09. The molecule has 0 saturated carbocycles. The number of anilines is 1. The third-order valence-corrected chi connectivity index (χ3v) is 2.07. The smallest absolute Gasteiger partial charge is 0.264 e. The molecule has 0 aliphatic rings. The number of nitrogen functional groups attached to an aromatic ring is 1. The van der Waals surface area contributed by atoms with E-state index in [4.69, 9.17) is 5.73 Å². The lowest BCUT2D eigenvalue weighted by molar-refractivity contribution is 0.0982. The van der Waals surface area contributed by atoms with Crippen LogP contribution in [0.1, 0.15) is 10.4 Å². The molecule has 0 atom stereocenters. The Morgan fingerprint density at radius 2 is 2.19 bits per heavy atom. The van der Waals surface area contributed by atoms with Crippen molar-refractivity contribution in [3.63, 3.8) is 0 Å². The van der Waals surface area contributed by atoms with Gasteiger partial charge in [-0.25, -0.2) is 4.99 Å². The number of aromatic hydroxyl groups is 1. The summed E-state index contributed by atoms with van der Waals surface area (Å²) in [5.74, 6) is -0.780.